The molecule has 0 fully saturated rings. The summed E-state index contributed by atoms with van der Waals surface area (Å²) >= 11 is 0. The highest BCUT2D eigenvalue weighted by Crippen LogP contribution is 2.29. The molecule has 24 heavy (non-hydrogen) atoms. The number of benzene rings is 2. The molecule has 2 aromatic rings. The van der Waals surface area contributed by atoms with Gasteiger partial charge in [0, 0.05) is 12.6 Å². The Balaban J connectivity index is 2.50. The van der Waals surface area contributed by atoms with E-state index in [2.05, 4.69) is 0 Å². The number of nitro benzene ring substituents is 1. The number of anilines is 1. The highest BCUT2D eigenvalue weighted by Gasteiger charge is 2.30. The maximum Gasteiger partial charge on any atom is 0.289 e. The van der Waals surface area contributed by atoms with E-state index in [4.69, 9.17) is 5.26 Å². The Morgan fingerprint density at radius 1 is 1.17 bits per heavy atom. The number of hydrogen-bond donors (Lipinski definition) is 0. The van der Waals surface area contributed by atoms with Gasteiger partial charge in [-0.3, -0.25) is 14.4 Å². The van der Waals surface area contributed by atoms with E-state index >= 15 is 0 Å². The number of nitriles is 1. The minimum absolute atomic E-state index is 0.117. The van der Waals surface area contributed by atoms with Crippen LogP contribution in [0.4, 0.5) is 11.4 Å². The first-order chi connectivity index (χ1) is 11.4. The molecule has 2 rings (SSSR count). The molecule has 0 heterocycles. The predicted molar refractivity (Wildman–Crippen MR) is 89.1 cm³/mol. The zero-order valence-corrected chi connectivity index (χ0v) is 13.7. The molecule has 0 saturated carbocycles. The topological polar surface area (TPSA) is 104 Å². The number of sulfonamides is 1. The third-order valence-corrected chi connectivity index (χ3v) is 5.38. The maximum absolute atomic E-state index is 12.9. The van der Waals surface area contributed by atoms with Crippen LogP contribution in [0.25, 0.3) is 0 Å². The van der Waals surface area contributed by atoms with Crippen LogP contribution in [0.5, 0.6) is 0 Å². The van der Waals surface area contributed by atoms with Gasteiger partial charge in [0.05, 0.1) is 23.1 Å². The first kappa shape index (κ1) is 17.4. The smallest absolute Gasteiger partial charge is 0.266 e. The summed E-state index contributed by atoms with van der Waals surface area (Å²) in [5.41, 5.74) is 0.690. The van der Waals surface area contributed by atoms with Crippen LogP contribution in [0, 0.1) is 21.4 Å². The van der Waals surface area contributed by atoms with Gasteiger partial charge in [0.1, 0.15) is 0 Å². The van der Waals surface area contributed by atoms with Crippen LogP contribution < -0.4 is 4.31 Å². The minimum Gasteiger partial charge on any atom is -0.266 e. The summed E-state index contributed by atoms with van der Waals surface area (Å²) in [7, 11) is -4.08. The van der Waals surface area contributed by atoms with Gasteiger partial charge in [0.25, 0.3) is 15.7 Å². The SMILES string of the molecule is CCN(c1ccc(CC#N)cc1)S(=O)(=O)c1ccccc1[N+](=O)[O-]. The van der Waals surface area contributed by atoms with Crippen molar-refractivity contribution in [1.29, 1.82) is 5.26 Å². The first-order valence-electron chi connectivity index (χ1n) is 7.14. The van der Waals surface area contributed by atoms with Gasteiger partial charge in [-0.1, -0.05) is 24.3 Å². The predicted octanol–water partition coefficient (Wildman–Crippen LogP) is 2.88. The van der Waals surface area contributed by atoms with E-state index in [0.717, 1.165) is 15.9 Å². The van der Waals surface area contributed by atoms with Crippen molar-refractivity contribution in [2.24, 2.45) is 0 Å². The van der Waals surface area contributed by atoms with Crippen LogP contribution in [0.15, 0.2) is 53.4 Å². The second kappa shape index (κ2) is 7.10. The lowest BCUT2D eigenvalue weighted by Crippen LogP contribution is -2.31. The Morgan fingerprint density at radius 3 is 2.33 bits per heavy atom. The molecule has 0 spiro atoms. The molecular formula is C16H15N3O4S. The third kappa shape index (κ3) is 3.36. The summed E-state index contributed by atoms with van der Waals surface area (Å²) in [5.74, 6) is 0. The molecular weight excluding hydrogens is 330 g/mol. The number of nitrogens with zero attached hydrogens (tertiary/aromatic N) is 3. The summed E-state index contributed by atoms with van der Waals surface area (Å²) in [5, 5.41) is 19.8. The van der Waals surface area contributed by atoms with Crippen molar-refractivity contribution >= 4 is 21.4 Å². The molecule has 0 aliphatic rings. The quantitative estimate of drug-likeness (QED) is 0.591. The van der Waals surface area contributed by atoms with Gasteiger partial charge in [-0.15, -0.1) is 0 Å². The molecule has 0 atom stereocenters. The first-order valence-corrected chi connectivity index (χ1v) is 8.58. The lowest BCUT2D eigenvalue weighted by molar-refractivity contribution is -0.387. The van der Waals surface area contributed by atoms with E-state index in [-0.39, 0.29) is 17.9 Å². The Kier molecular flexibility index (Phi) is 5.16. The molecule has 2 aromatic carbocycles. The maximum atomic E-state index is 12.9. The summed E-state index contributed by atoms with van der Waals surface area (Å²) in [4.78, 5) is 10.1. The number of hydrogen-bond acceptors (Lipinski definition) is 5. The molecule has 0 amide bonds. The molecule has 0 bridgehead atoms. The van der Waals surface area contributed by atoms with Crippen LogP contribution >= 0.6 is 0 Å². The number of rotatable bonds is 6. The van der Waals surface area contributed by atoms with Crippen molar-refractivity contribution in [3.63, 3.8) is 0 Å². The highest BCUT2D eigenvalue weighted by atomic mass is 32.2. The fourth-order valence-corrected chi connectivity index (χ4v) is 3.94. The van der Waals surface area contributed by atoms with Crippen LogP contribution in [0.2, 0.25) is 0 Å². The van der Waals surface area contributed by atoms with E-state index in [9.17, 15) is 18.5 Å². The zero-order chi connectivity index (χ0) is 17.7. The Hall–Kier alpha value is -2.92. The van der Waals surface area contributed by atoms with Gasteiger partial charge in [-0.2, -0.15) is 5.26 Å². The van der Waals surface area contributed by atoms with Gasteiger partial charge in [0.2, 0.25) is 0 Å². The number of nitro groups is 1. The molecule has 0 unspecified atom stereocenters. The Labute approximate surface area is 140 Å². The van der Waals surface area contributed by atoms with Gasteiger partial charge in [-0.05, 0) is 30.7 Å². The summed E-state index contributed by atoms with van der Waals surface area (Å²) in [6.45, 7) is 1.77. The largest absolute Gasteiger partial charge is 0.289 e. The van der Waals surface area contributed by atoms with Crippen molar-refractivity contribution in [3.05, 3.63) is 64.2 Å². The third-order valence-electron chi connectivity index (χ3n) is 3.42. The Bertz CT molecular complexity index is 886. The van der Waals surface area contributed by atoms with E-state index in [1.54, 1.807) is 31.2 Å². The molecule has 8 heteroatoms. The van der Waals surface area contributed by atoms with E-state index in [1.165, 1.54) is 18.2 Å². The summed E-state index contributed by atoms with van der Waals surface area (Å²) in [6.07, 6.45) is 0.226. The number of para-hydroxylation sites is 1. The molecule has 0 aliphatic heterocycles. The van der Waals surface area contributed by atoms with Crippen LogP contribution in [0.1, 0.15) is 12.5 Å². The molecule has 0 saturated heterocycles. The molecule has 124 valence electrons. The molecule has 0 N–H and O–H groups in total. The van der Waals surface area contributed by atoms with Crippen LogP contribution in [-0.4, -0.2) is 19.9 Å². The second-order valence-corrected chi connectivity index (χ2v) is 6.73. The van der Waals surface area contributed by atoms with Crippen molar-refractivity contribution in [2.45, 2.75) is 18.2 Å². The highest BCUT2D eigenvalue weighted by molar-refractivity contribution is 7.93. The molecule has 7 nitrogen and oxygen atoms in total. The average molecular weight is 345 g/mol. The van der Waals surface area contributed by atoms with E-state index in [1.807, 2.05) is 6.07 Å². The lowest BCUT2D eigenvalue weighted by Gasteiger charge is -2.23. The fourth-order valence-electron chi connectivity index (χ4n) is 2.31. The summed E-state index contributed by atoms with van der Waals surface area (Å²) in [6, 6.07) is 13.8. The van der Waals surface area contributed by atoms with E-state index in [0.29, 0.717) is 5.69 Å². The van der Waals surface area contributed by atoms with Gasteiger partial charge < -0.3 is 0 Å². The normalized spacial score (nSPS) is 10.8. The van der Waals surface area contributed by atoms with Crippen LogP contribution in [-0.2, 0) is 16.4 Å². The molecule has 0 aliphatic carbocycles. The second-order valence-electron chi connectivity index (χ2n) is 4.90. The monoisotopic (exact) mass is 345 g/mol. The van der Waals surface area contributed by atoms with Crippen molar-refractivity contribution in [3.8, 4) is 6.07 Å². The Morgan fingerprint density at radius 2 is 1.79 bits per heavy atom. The minimum atomic E-state index is -4.08. The standard InChI is InChI=1S/C16H15N3O4S/c1-2-18(14-9-7-13(8-10-14)11-12-17)24(22,23)16-6-4-3-5-15(16)19(20)21/h3-10H,2,11H2,1H3. The van der Waals surface area contributed by atoms with Crippen molar-refractivity contribution < 1.29 is 13.3 Å². The average Bonchev–Trinajstić information content (AvgIpc) is 2.57. The van der Waals surface area contributed by atoms with Crippen LogP contribution in [0.3, 0.4) is 0 Å². The van der Waals surface area contributed by atoms with Gasteiger partial charge >= 0.3 is 0 Å². The lowest BCUT2D eigenvalue weighted by atomic mass is 10.1. The molecule has 0 aromatic heterocycles. The summed E-state index contributed by atoms with van der Waals surface area (Å²) < 4.78 is 26.8. The van der Waals surface area contributed by atoms with Crippen molar-refractivity contribution in [2.75, 3.05) is 10.8 Å². The van der Waals surface area contributed by atoms with Gasteiger partial charge in [-0.25, -0.2) is 8.42 Å². The van der Waals surface area contributed by atoms with Gasteiger partial charge in [0.15, 0.2) is 4.90 Å². The fraction of sp³-hybridized carbons (Fsp3) is 0.188. The van der Waals surface area contributed by atoms with E-state index < -0.39 is 20.6 Å². The zero-order valence-electron chi connectivity index (χ0n) is 12.9. The van der Waals surface area contributed by atoms with Crippen molar-refractivity contribution in [1.82, 2.24) is 0 Å². The molecule has 0 radical (unpaired) electrons.